The molecule has 0 aliphatic rings. The van der Waals surface area contributed by atoms with Gasteiger partial charge in [0, 0.05) is 13.1 Å². The summed E-state index contributed by atoms with van der Waals surface area (Å²) in [7, 11) is -2.67. The lowest BCUT2D eigenvalue weighted by Crippen LogP contribution is -2.47. The van der Waals surface area contributed by atoms with E-state index in [0.717, 1.165) is 16.4 Å². The minimum atomic E-state index is -3.97. The number of halogens is 1. The van der Waals surface area contributed by atoms with Crippen molar-refractivity contribution in [1.82, 2.24) is 4.31 Å². The Morgan fingerprint density at radius 1 is 1.45 bits per heavy atom. The number of nitro benzene ring substituents is 1. The normalized spacial score (nSPS) is 12.7. The van der Waals surface area contributed by atoms with Gasteiger partial charge in [0.25, 0.3) is 5.69 Å². The van der Waals surface area contributed by atoms with Crippen molar-refractivity contribution in [2.75, 3.05) is 13.7 Å². The third-order valence-electron chi connectivity index (χ3n) is 3.01. The van der Waals surface area contributed by atoms with E-state index < -0.39 is 32.8 Å². The fraction of sp³-hybridized carbons (Fsp3) is 0.455. The first kappa shape index (κ1) is 16.8. The highest BCUT2D eigenvalue weighted by Gasteiger charge is 2.34. The van der Waals surface area contributed by atoms with Crippen LogP contribution in [0.15, 0.2) is 23.1 Å². The second-order valence-electron chi connectivity index (χ2n) is 4.81. The number of hydrogen-bond donors (Lipinski definition) is 1. The quantitative estimate of drug-likeness (QED) is 0.656. The number of aliphatic hydroxyl groups excluding tert-OH is 1. The van der Waals surface area contributed by atoms with Gasteiger partial charge in [-0.2, -0.15) is 4.31 Å². The van der Waals surface area contributed by atoms with E-state index in [0.29, 0.717) is 0 Å². The number of nitrogens with zero attached hydrogens (tertiary/aromatic N) is 2. The highest BCUT2D eigenvalue weighted by molar-refractivity contribution is 7.89. The largest absolute Gasteiger partial charge is 0.394 e. The van der Waals surface area contributed by atoms with Crippen LogP contribution in [0.25, 0.3) is 0 Å². The number of likely N-dealkylation sites (N-methyl/N-ethyl adjacent to an activating group) is 1. The van der Waals surface area contributed by atoms with Crippen LogP contribution < -0.4 is 0 Å². The average molecular weight is 323 g/mol. The highest BCUT2D eigenvalue weighted by Crippen LogP contribution is 2.30. The van der Waals surface area contributed by atoms with Gasteiger partial charge in [0.1, 0.15) is 5.02 Å². The van der Waals surface area contributed by atoms with Gasteiger partial charge in [0.2, 0.25) is 10.0 Å². The van der Waals surface area contributed by atoms with E-state index in [-0.39, 0.29) is 9.92 Å². The number of nitro groups is 1. The summed E-state index contributed by atoms with van der Waals surface area (Å²) in [4.78, 5) is 9.79. The molecule has 0 amide bonds. The summed E-state index contributed by atoms with van der Waals surface area (Å²) in [6.07, 6.45) is 0. The van der Waals surface area contributed by atoms with Crippen molar-refractivity contribution < 1.29 is 18.4 Å². The molecule has 1 aromatic carbocycles. The lowest BCUT2D eigenvalue weighted by molar-refractivity contribution is -0.384. The highest BCUT2D eigenvalue weighted by atomic mass is 35.5. The van der Waals surface area contributed by atoms with Crippen LogP contribution in [0.2, 0.25) is 5.02 Å². The van der Waals surface area contributed by atoms with E-state index in [9.17, 15) is 23.6 Å². The molecule has 0 saturated carbocycles. The molecule has 1 aromatic rings. The molecule has 0 atom stereocenters. The van der Waals surface area contributed by atoms with Gasteiger partial charge in [-0.25, -0.2) is 8.42 Å². The van der Waals surface area contributed by atoms with Crippen molar-refractivity contribution in [1.29, 1.82) is 0 Å². The zero-order valence-electron chi connectivity index (χ0n) is 11.2. The molecule has 0 aromatic heterocycles. The fourth-order valence-electron chi connectivity index (χ4n) is 1.38. The number of aliphatic hydroxyl groups is 1. The molecule has 0 aliphatic heterocycles. The van der Waals surface area contributed by atoms with Crippen LogP contribution in [0.5, 0.6) is 0 Å². The number of hydrogen-bond acceptors (Lipinski definition) is 5. The summed E-state index contributed by atoms with van der Waals surface area (Å²) in [6, 6.07) is 3.25. The molecule has 1 rings (SSSR count). The van der Waals surface area contributed by atoms with Crippen molar-refractivity contribution in [3.63, 3.8) is 0 Å². The average Bonchev–Trinajstić information content (AvgIpc) is 2.37. The van der Waals surface area contributed by atoms with E-state index in [1.165, 1.54) is 27.0 Å². The zero-order chi connectivity index (χ0) is 15.7. The van der Waals surface area contributed by atoms with E-state index in [1.54, 1.807) is 0 Å². The zero-order valence-corrected chi connectivity index (χ0v) is 12.8. The first-order chi connectivity index (χ1) is 9.04. The van der Waals surface area contributed by atoms with Crippen molar-refractivity contribution in [3.8, 4) is 0 Å². The van der Waals surface area contributed by atoms with Crippen LogP contribution in [0.3, 0.4) is 0 Å². The fourth-order valence-corrected chi connectivity index (χ4v) is 3.09. The van der Waals surface area contributed by atoms with Crippen molar-refractivity contribution in [2.45, 2.75) is 24.3 Å². The minimum Gasteiger partial charge on any atom is -0.394 e. The second kappa shape index (κ2) is 5.65. The molecule has 9 heteroatoms. The molecule has 0 bridgehead atoms. The Kier molecular flexibility index (Phi) is 4.75. The van der Waals surface area contributed by atoms with E-state index in [2.05, 4.69) is 0 Å². The van der Waals surface area contributed by atoms with Crippen molar-refractivity contribution in [2.24, 2.45) is 0 Å². The lowest BCUT2D eigenvalue weighted by atomic mass is 10.1. The van der Waals surface area contributed by atoms with E-state index in [4.69, 9.17) is 11.6 Å². The van der Waals surface area contributed by atoms with Crippen LogP contribution in [0, 0.1) is 10.1 Å². The molecule has 0 unspecified atom stereocenters. The van der Waals surface area contributed by atoms with Gasteiger partial charge in [-0.05, 0) is 26.0 Å². The number of rotatable bonds is 5. The molecule has 0 radical (unpaired) electrons. The maximum absolute atomic E-state index is 12.4. The summed E-state index contributed by atoms with van der Waals surface area (Å²) < 4.78 is 25.7. The van der Waals surface area contributed by atoms with Gasteiger partial charge in [-0.1, -0.05) is 11.6 Å². The summed E-state index contributed by atoms with van der Waals surface area (Å²) in [5.41, 5.74) is -1.52. The first-order valence-electron chi connectivity index (χ1n) is 5.58. The Morgan fingerprint density at radius 2 is 2.00 bits per heavy atom. The summed E-state index contributed by atoms with van der Waals surface area (Å²) in [5.74, 6) is 0. The monoisotopic (exact) mass is 322 g/mol. The third-order valence-corrected chi connectivity index (χ3v) is 5.40. The minimum absolute atomic E-state index is 0.141. The molecule has 20 heavy (non-hydrogen) atoms. The second-order valence-corrected chi connectivity index (χ2v) is 7.19. The molecule has 112 valence electrons. The smallest absolute Gasteiger partial charge is 0.289 e. The van der Waals surface area contributed by atoms with E-state index >= 15 is 0 Å². The van der Waals surface area contributed by atoms with Crippen LogP contribution in [-0.2, 0) is 10.0 Å². The molecule has 1 N–H and O–H groups in total. The van der Waals surface area contributed by atoms with Crippen LogP contribution in [0.1, 0.15) is 13.8 Å². The van der Waals surface area contributed by atoms with Crippen molar-refractivity contribution in [3.05, 3.63) is 33.3 Å². The Hall–Kier alpha value is -1.22. The van der Waals surface area contributed by atoms with Gasteiger partial charge in [0.15, 0.2) is 0 Å². The summed E-state index contributed by atoms with van der Waals surface area (Å²) in [6.45, 7) is 2.68. The maximum Gasteiger partial charge on any atom is 0.289 e. The Labute approximate surface area is 122 Å². The number of benzene rings is 1. The Morgan fingerprint density at radius 3 is 2.45 bits per heavy atom. The van der Waals surface area contributed by atoms with Gasteiger partial charge >= 0.3 is 0 Å². The molecular formula is C11H15ClN2O5S. The molecular weight excluding hydrogens is 308 g/mol. The van der Waals surface area contributed by atoms with Gasteiger partial charge < -0.3 is 5.11 Å². The van der Waals surface area contributed by atoms with Crippen LogP contribution in [-0.4, -0.2) is 41.9 Å². The summed E-state index contributed by atoms with van der Waals surface area (Å²) >= 11 is 5.65. The topological polar surface area (TPSA) is 101 Å². The third kappa shape index (κ3) is 3.09. The van der Waals surface area contributed by atoms with Gasteiger partial charge in [0.05, 0.1) is 22.0 Å². The van der Waals surface area contributed by atoms with Crippen molar-refractivity contribution >= 4 is 27.3 Å². The number of sulfonamides is 1. The van der Waals surface area contributed by atoms with Crippen LogP contribution in [0.4, 0.5) is 5.69 Å². The molecule has 0 fully saturated rings. The molecule has 0 spiro atoms. The summed E-state index contributed by atoms with van der Waals surface area (Å²) in [5, 5.41) is 19.9. The molecule has 0 aliphatic carbocycles. The molecule has 0 saturated heterocycles. The molecule has 7 nitrogen and oxygen atoms in total. The Balaban J connectivity index is 3.37. The SMILES string of the molecule is CN(C(C)(C)CO)S(=O)(=O)c1ccc(Cl)c([N+](=O)[O-])c1. The predicted molar refractivity (Wildman–Crippen MR) is 74.2 cm³/mol. The lowest BCUT2D eigenvalue weighted by Gasteiger charge is -2.32. The first-order valence-corrected chi connectivity index (χ1v) is 7.39. The Bertz CT molecular complexity index is 630. The standard InChI is InChI=1S/C11H15ClN2O5S/c1-11(2,7-15)13(3)20(18,19)8-4-5-9(12)10(6-8)14(16)17/h4-6,15H,7H2,1-3H3. The van der Waals surface area contributed by atoms with Gasteiger partial charge in [-0.15, -0.1) is 0 Å². The predicted octanol–water partition coefficient (Wildman–Crippen LogP) is 1.64. The van der Waals surface area contributed by atoms with E-state index in [1.807, 2.05) is 0 Å². The maximum atomic E-state index is 12.4. The van der Waals surface area contributed by atoms with Gasteiger partial charge in [-0.3, -0.25) is 10.1 Å². The van der Waals surface area contributed by atoms with Crippen LogP contribution >= 0.6 is 11.6 Å². The molecule has 0 heterocycles.